The van der Waals surface area contributed by atoms with Crippen molar-refractivity contribution >= 4 is 78.0 Å². The Hall–Kier alpha value is -3.38. The number of anilines is 1. The molecule has 2 aromatic heterocycles. The van der Waals surface area contributed by atoms with Crippen LogP contribution in [0.5, 0.6) is 0 Å². The molecule has 1 amide bonds. The Morgan fingerprint density at radius 1 is 1.02 bits per heavy atom. The molecule has 0 aliphatic carbocycles. The molecule has 1 unspecified atom stereocenters. The molecule has 200 valence electrons. The first-order valence-corrected chi connectivity index (χ1v) is 15.7. The number of carbonyl (C=O) groups excluding carboxylic acids is 2. The minimum atomic E-state index is -0.862. The Kier molecular flexibility index (Phi) is 7.30. The molecule has 1 N–H and O–H groups in total. The van der Waals surface area contributed by atoms with Crippen LogP contribution in [0.1, 0.15) is 37.5 Å². The van der Waals surface area contributed by atoms with E-state index < -0.39 is 23.5 Å². The van der Waals surface area contributed by atoms with Gasteiger partial charge in [0.05, 0.1) is 27.2 Å². The number of thiazole rings is 1. The molecule has 3 heterocycles. The summed E-state index contributed by atoms with van der Waals surface area (Å²) in [5.41, 5.74) is 2.42. The zero-order valence-corrected chi connectivity index (χ0v) is 25.3. The van der Waals surface area contributed by atoms with E-state index in [1.54, 1.807) is 6.92 Å². The number of aliphatic hydroxyl groups excluding tert-OH is 1. The molecule has 0 bridgehead atoms. The summed E-state index contributed by atoms with van der Waals surface area (Å²) in [6.07, 6.45) is 0. The van der Waals surface area contributed by atoms with Crippen LogP contribution in [-0.4, -0.2) is 32.0 Å². The van der Waals surface area contributed by atoms with E-state index in [4.69, 9.17) is 0 Å². The smallest absolute Gasteiger partial charge is 0.296 e. The number of fused-ring (bicyclic) bond motifs is 1. The first kappa shape index (κ1) is 26.8. The standard InChI is InChI=1S/C29H21BrN4O3S3/c1-15-26(39-16(2)31-15)24(35)22-23(18-10-12-20(30)13-11-18)34(27(37)25(22)36)28-32-33-29(40-28)38-14-19-8-5-7-17-6-3-4-9-21(17)19/h3-13,23,36H,14H2,1-2H3. The van der Waals surface area contributed by atoms with Crippen LogP contribution in [0, 0.1) is 13.8 Å². The molecule has 0 saturated carbocycles. The molecular formula is C29H21BrN4O3S3. The molecule has 0 saturated heterocycles. The lowest BCUT2D eigenvalue weighted by molar-refractivity contribution is -0.117. The number of thioether (sulfide) groups is 1. The van der Waals surface area contributed by atoms with Gasteiger partial charge in [-0.25, -0.2) is 4.98 Å². The molecule has 5 aromatic rings. The predicted molar refractivity (Wildman–Crippen MR) is 163 cm³/mol. The fourth-order valence-electron chi connectivity index (χ4n) is 4.78. The van der Waals surface area contributed by atoms with Gasteiger partial charge in [-0.2, -0.15) is 0 Å². The number of halogens is 1. The predicted octanol–water partition coefficient (Wildman–Crippen LogP) is 7.60. The van der Waals surface area contributed by atoms with Crippen LogP contribution in [0.3, 0.4) is 0 Å². The van der Waals surface area contributed by atoms with Crippen molar-refractivity contribution < 1.29 is 14.7 Å². The summed E-state index contributed by atoms with van der Waals surface area (Å²) in [4.78, 5) is 33.4. The number of hydrogen-bond donors (Lipinski definition) is 1. The summed E-state index contributed by atoms with van der Waals surface area (Å²) < 4.78 is 1.53. The van der Waals surface area contributed by atoms with Gasteiger partial charge in [0, 0.05) is 10.2 Å². The number of hydrogen-bond acceptors (Lipinski definition) is 9. The number of amides is 1. The quantitative estimate of drug-likeness (QED) is 0.110. The summed E-state index contributed by atoms with van der Waals surface area (Å²) in [5, 5.41) is 23.1. The van der Waals surface area contributed by atoms with E-state index in [0.29, 0.717) is 31.4 Å². The number of carbonyl (C=O) groups is 2. The SMILES string of the molecule is Cc1nc(C)c(C(=O)C2=C(O)C(=O)N(c3nnc(SCc4cccc5ccccc45)s3)C2c2ccc(Br)cc2)s1. The largest absolute Gasteiger partial charge is 0.503 e. The third-order valence-corrected chi connectivity index (χ3v) is 10.3. The number of aryl methyl sites for hydroxylation is 2. The number of nitrogens with zero attached hydrogens (tertiary/aromatic N) is 4. The van der Waals surface area contributed by atoms with Crippen molar-refractivity contribution in [3.63, 3.8) is 0 Å². The van der Waals surface area contributed by atoms with Crippen LogP contribution < -0.4 is 4.90 Å². The summed E-state index contributed by atoms with van der Waals surface area (Å²) in [5.74, 6) is -1.00. The van der Waals surface area contributed by atoms with E-state index in [0.717, 1.165) is 9.48 Å². The van der Waals surface area contributed by atoms with Crippen molar-refractivity contribution in [2.24, 2.45) is 0 Å². The third kappa shape index (κ3) is 4.87. The molecular weight excluding hydrogens is 628 g/mol. The van der Waals surface area contributed by atoms with Crippen molar-refractivity contribution in [3.8, 4) is 0 Å². The Labute approximate surface area is 250 Å². The third-order valence-electron chi connectivity index (χ3n) is 6.58. The highest BCUT2D eigenvalue weighted by molar-refractivity contribution is 9.10. The molecule has 40 heavy (non-hydrogen) atoms. The number of ketones is 1. The van der Waals surface area contributed by atoms with Crippen LogP contribution in [0.25, 0.3) is 10.8 Å². The highest BCUT2D eigenvalue weighted by Crippen LogP contribution is 2.44. The molecule has 0 radical (unpaired) electrons. The van der Waals surface area contributed by atoms with Crippen molar-refractivity contribution in [2.75, 3.05) is 4.90 Å². The van der Waals surface area contributed by atoms with Gasteiger partial charge in [-0.1, -0.05) is 93.6 Å². The maximum atomic E-state index is 13.8. The topological polar surface area (TPSA) is 96.3 Å². The second kappa shape index (κ2) is 10.9. The highest BCUT2D eigenvalue weighted by Gasteiger charge is 2.46. The lowest BCUT2D eigenvalue weighted by Crippen LogP contribution is -2.31. The maximum Gasteiger partial charge on any atom is 0.296 e. The van der Waals surface area contributed by atoms with Gasteiger partial charge in [-0.3, -0.25) is 14.5 Å². The van der Waals surface area contributed by atoms with Crippen molar-refractivity contribution in [2.45, 2.75) is 30.0 Å². The van der Waals surface area contributed by atoms with Gasteiger partial charge in [0.25, 0.3) is 5.91 Å². The number of Topliss-reactive ketones (excluding diaryl/α,β-unsaturated/α-hetero) is 1. The van der Waals surface area contributed by atoms with Crippen LogP contribution in [0.2, 0.25) is 0 Å². The van der Waals surface area contributed by atoms with Gasteiger partial charge in [-0.05, 0) is 47.9 Å². The van der Waals surface area contributed by atoms with E-state index in [1.165, 1.54) is 55.7 Å². The monoisotopic (exact) mass is 648 g/mol. The molecule has 1 aliphatic rings. The highest BCUT2D eigenvalue weighted by atomic mass is 79.9. The normalized spacial score (nSPS) is 15.4. The first-order chi connectivity index (χ1) is 19.3. The number of benzene rings is 3. The van der Waals surface area contributed by atoms with Crippen LogP contribution >= 0.6 is 50.4 Å². The molecule has 1 atom stereocenters. The molecule has 0 spiro atoms. The summed E-state index contributed by atoms with van der Waals surface area (Å²) in [7, 11) is 0. The Morgan fingerprint density at radius 3 is 2.52 bits per heavy atom. The van der Waals surface area contributed by atoms with Gasteiger partial charge >= 0.3 is 0 Å². The minimum Gasteiger partial charge on any atom is -0.503 e. The zero-order chi connectivity index (χ0) is 28.0. The second-order valence-electron chi connectivity index (χ2n) is 9.15. The average molecular weight is 650 g/mol. The average Bonchev–Trinajstić information content (AvgIpc) is 3.63. The van der Waals surface area contributed by atoms with Crippen molar-refractivity contribution in [3.05, 3.63) is 109 Å². The first-order valence-electron chi connectivity index (χ1n) is 12.3. The molecule has 11 heteroatoms. The summed E-state index contributed by atoms with van der Waals surface area (Å²) in [6, 6.07) is 20.9. The van der Waals surface area contributed by atoms with Crippen LogP contribution in [-0.2, 0) is 10.5 Å². The molecule has 0 fully saturated rings. The van der Waals surface area contributed by atoms with E-state index in [-0.39, 0.29) is 5.57 Å². The Balaban J connectivity index is 1.34. The minimum absolute atomic E-state index is 0.0132. The maximum absolute atomic E-state index is 13.8. The van der Waals surface area contributed by atoms with E-state index >= 15 is 0 Å². The molecule has 3 aromatic carbocycles. The Bertz CT molecular complexity index is 1810. The fourth-order valence-corrected chi connectivity index (χ4v) is 7.79. The summed E-state index contributed by atoms with van der Waals surface area (Å²) >= 11 is 7.48. The van der Waals surface area contributed by atoms with Crippen LogP contribution in [0.15, 0.2) is 86.9 Å². The van der Waals surface area contributed by atoms with Gasteiger partial charge in [0.15, 0.2) is 10.1 Å². The van der Waals surface area contributed by atoms with Gasteiger partial charge < -0.3 is 5.11 Å². The fraction of sp³-hybridized carbons (Fsp3) is 0.138. The van der Waals surface area contributed by atoms with E-state index in [2.05, 4.69) is 55.4 Å². The van der Waals surface area contributed by atoms with Gasteiger partial charge in [-0.15, -0.1) is 21.5 Å². The lowest BCUT2D eigenvalue weighted by Gasteiger charge is -2.24. The Morgan fingerprint density at radius 2 is 1.77 bits per heavy atom. The van der Waals surface area contributed by atoms with Gasteiger partial charge in [0.2, 0.25) is 10.9 Å². The number of aliphatic hydroxyl groups is 1. The lowest BCUT2D eigenvalue weighted by atomic mass is 9.95. The van der Waals surface area contributed by atoms with E-state index in [1.807, 2.05) is 49.4 Å². The van der Waals surface area contributed by atoms with Crippen LogP contribution in [0.4, 0.5) is 5.13 Å². The number of aromatic nitrogens is 3. The number of rotatable bonds is 7. The van der Waals surface area contributed by atoms with Gasteiger partial charge in [0.1, 0.15) is 0 Å². The molecule has 1 aliphatic heterocycles. The second-order valence-corrected chi connectivity index (χ2v) is 13.4. The van der Waals surface area contributed by atoms with Crippen molar-refractivity contribution in [1.29, 1.82) is 0 Å². The zero-order valence-electron chi connectivity index (χ0n) is 21.3. The summed E-state index contributed by atoms with van der Waals surface area (Å²) in [6.45, 7) is 3.57. The molecule has 6 rings (SSSR count). The van der Waals surface area contributed by atoms with Crippen molar-refractivity contribution in [1.82, 2.24) is 15.2 Å². The van der Waals surface area contributed by atoms with E-state index in [9.17, 15) is 14.7 Å². The molecule has 7 nitrogen and oxygen atoms in total.